The first-order valence-corrected chi connectivity index (χ1v) is 8.15. The van der Waals surface area contributed by atoms with Crippen LogP contribution in [0.3, 0.4) is 0 Å². The van der Waals surface area contributed by atoms with Gasteiger partial charge < -0.3 is 0 Å². The molecule has 134 valence electrons. The number of carbonyl (C=O) groups excluding carboxylic acids is 2. The smallest absolute Gasteiger partial charge is 0.289 e. The highest BCUT2D eigenvalue weighted by Gasteiger charge is 2.33. The molecule has 0 amide bonds. The van der Waals surface area contributed by atoms with Gasteiger partial charge >= 0.3 is 6.18 Å². The Morgan fingerprint density at radius 3 is 2.35 bits per heavy atom. The summed E-state index contributed by atoms with van der Waals surface area (Å²) in [6.07, 6.45) is -3.87. The van der Waals surface area contributed by atoms with Crippen LogP contribution in [0.15, 0.2) is 41.6 Å². The molecule has 0 atom stereocenters. The molecule has 26 heavy (non-hydrogen) atoms. The number of hydrogen-bond donors (Lipinski definition) is 0. The summed E-state index contributed by atoms with van der Waals surface area (Å²) in [4.78, 5) is 29.1. The van der Waals surface area contributed by atoms with Gasteiger partial charge in [-0.3, -0.25) is 14.6 Å². The lowest BCUT2D eigenvalue weighted by Gasteiger charge is -2.20. The number of halogens is 5. The zero-order valence-corrected chi connectivity index (χ0v) is 14.8. The standard InChI is InChI=1S/C18H10Cl2F3NO2/c1-8-12(6-11-3-2-9(7-24-11)18(21,22)23)17(26)13-4-10(19)5-14(20)15(13)16(8)25/h2-5,7H,6H2,1H3. The van der Waals surface area contributed by atoms with Crippen LogP contribution in [0.2, 0.25) is 10.0 Å². The number of rotatable bonds is 2. The van der Waals surface area contributed by atoms with Crippen molar-refractivity contribution in [3.63, 3.8) is 0 Å². The lowest BCUT2D eigenvalue weighted by molar-refractivity contribution is -0.137. The molecular formula is C18H10Cl2F3NO2. The summed E-state index contributed by atoms with van der Waals surface area (Å²) in [7, 11) is 0. The molecule has 0 radical (unpaired) electrons. The van der Waals surface area contributed by atoms with Crippen molar-refractivity contribution in [2.45, 2.75) is 19.5 Å². The van der Waals surface area contributed by atoms with Gasteiger partial charge in [-0.1, -0.05) is 23.2 Å². The van der Waals surface area contributed by atoms with E-state index in [1.165, 1.54) is 25.1 Å². The van der Waals surface area contributed by atoms with Crippen molar-refractivity contribution in [3.05, 3.63) is 74.0 Å². The van der Waals surface area contributed by atoms with Crippen molar-refractivity contribution >= 4 is 34.8 Å². The predicted molar refractivity (Wildman–Crippen MR) is 90.8 cm³/mol. The van der Waals surface area contributed by atoms with E-state index >= 15 is 0 Å². The van der Waals surface area contributed by atoms with Gasteiger partial charge in [-0.15, -0.1) is 0 Å². The highest BCUT2D eigenvalue weighted by Crippen LogP contribution is 2.35. The minimum absolute atomic E-state index is 0.0713. The summed E-state index contributed by atoms with van der Waals surface area (Å²) in [5, 5.41) is 0.290. The minimum atomic E-state index is -4.50. The Kier molecular flexibility index (Phi) is 4.67. The third-order valence-corrected chi connectivity index (χ3v) is 4.62. The number of fused-ring (bicyclic) bond motifs is 1. The van der Waals surface area contributed by atoms with E-state index in [2.05, 4.69) is 4.98 Å². The molecule has 1 heterocycles. The number of pyridine rings is 1. The van der Waals surface area contributed by atoms with Gasteiger partial charge in [0.25, 0.3) is 0 Å². The molecule has 1 aliphatic rings. The molecule has 0 bridgehead atoms. The number of carbonyl (C=O) groups is 2. The first-order chi connectivity index (χ1) is 12.1. The monoisotopic (exact) mass is 399 g/mol. The van der Waals surface area contributed by atoms with E-state index in [1.807, 2.05) is 0 Å². The van der Waals surface area contributed by atoms with E-state index in [0.29, 0.717) is 6.20 Å². The number of benzene rings is 1. The van der Waals surface area contributed by atoms with Gasteiger partial charge in [0, 0.05) is 40.0 Å². The summed E-state index contributed by atoms with van der Waals surface area (Å²) < 4.78 is 37.9. The van der Waals surface area contributed by atoms with Crippen molar-refractivity contribution in [1.29, 1.82) is 0 Å². The summed E-state index contributed by atoms with van der Waals surface area (Å²) in [5.74, 6) is -0.855. The number of hydrogen-bond acceptors (Lipinski definition) is 3. The molecule has 0 N–H and O–H groups in total. The topological polar surface area (TPSA) is 47.0 Å². The fourth-order valence-corrected chi connectivity index (χ4v) is 3.31. The molecule has 0 saturated heterocycles. The quantitative estimate of drug-likeness (QED) is 0.683. The Morgan fingerprint density at radius 1 is 1.08 bits per heavy atom. The van der Waals surface area contributed by atoms with Crippen LogP contribution in [-0.4, -0.2) is 16.6 Å². The Bertz CT molecular complexity index is 964. The van der Waals surface area contributed by atoms with Gasteiger partial charge in [-0.05, 0) is 31.2 Å². The van der Waals surface area contributed by atoms with Crippen LogP contribution in [0.1, 0.15) is 38.9 Å². The molecule has 2 aromatic rings. The minimum Gasteiger partial charge on any atom is -0.289 e. The van der Waals surface area contributed by atoms with Gasteiger partial charge in [0.2, 0.25) is 0 Å². The first kappa shape index (κ1) is 18.6. The number of allylic oxidation sites excluding steroid dienone is 2. The number of alkyl halides is 3. The Morgan fingerprint density at radius 2 is 1.77 bits per heavy atom. The van der Waals surface area contributed by atoms with Gasteiger partial charge in [-0.25, -0.2) is 0 Å². The molecule has 1 aliphatic carbocycles. The van der Waals surface area contributed by atoms with Crippen LogP contribution in [0.4, 0.5) is 13.2 Å². The van der Waals surface area contributed by atoms with E-state index in [0.717, 1.165) is 6.07 Å². The second-order valence-electron chi connectivity index (χ2n) is 5.78. The molecule has 1 aromatic heterocycles. The fourth-order valence-electron chi connectivity index (χ4n) is 2.73. The van der Waals surface area contributed by atoms with Gasteiger partial charge in [0.1, 0.15) is 0 Å². The molecule has 8 heteroatoms. The average molecular weight is 400 g/mol. The van der Waals surface area contributed by atoms with Crippen LogP contribution in [0.5, 0.6) is 0 Å². The first-order valence-electron chi connectivity index (χ1n) is 7.40. The summed E-state index contributed by atoms with van der Waals surface area (Å²) in [6.45, 7) is 1.48. The average Bonchev–Trinajstić information content (AvgIpc) is 2.56. The third kappa shape index (κ3) is 3.27. The van der Waals surface area contributed by atoms with Gasteiger partial charge in [0.15, 0.2) is 11.6 Å². The zero-order valence-electron chi connectivity index (χ0n) is 13.2. The van der Waals surface area contributed by atoms with Gasteiger partial charge in [-0.2, -0.15) is 13.2 Å². The highest BCUT2D eigenvalue weighted by atomic mass is 35.5. The third-order valence-electron chi connectivity index (χ3n) is 4.10. The van der Waals surface area contributed by atoms with Crippen molar-refractivity contribution < 1.29 is 22.8 Å². The van der Waals surface area contributed by atoms with Crippen LogP contribution >= 0.6 is 23.2 Å². The van der Waals surface area contributed by atoms with Crippen molar-refractivity contribution in [1.82, 2.24) is 4.98 Å². The molecule has 1 aromatic carbocycles. The van der Waals surface area contributed by atoms with Crippen molar-refractivity contribution in [2.24, 2.45) is 0 Å². The number of aromatic nitrogens is 1. The summed E-state index contributed by atoms with van der Waals surface area (Å²) in [6, 6.07) is 4.80. The molecular weight excluding hydrogens is 390 g/mol. The number of Topliss-reactive ketones (excluding diaryl/α,β-unsaturated/α-hetero) is 2. The lowest BCUT2D eigenvalue weighted by atomic mass is 9.83. The summed E-state index contributed by atoms with van der Waals surface area (Å²) in [5.41, 5.74) is -0.129. The lowest BCUT2D eigenvalue weighted by Crippen LogP contribution is -2.23. The van der Waals surface area contributed by atoms with Crippen LogP contribution in [-0.2, 0) is 12.6 Å². The summed E-state index contributed by atoms with van der Waals surface area (Å²) >= 11 is 12.0. The van der Waals surface area contributed by atoms with Crippen molar-refractivity contribution in [3.8, 4) is 0 Å². The fraction of sp³-hybridized carbons (Fsp3) is 0.167. The van der Waals surface area contributed by atoms with Gasteiger partial charge in [0.05, 0.1) is 16.1 Å². The molecule has 3 rings (SSSR count). The van der Waals surface area contributed by atoms with E-state index in [9.17, 15) is 22.8 Å². The Hall–Kier alpha value is -2.18. The maximum absolute atomic E-state index is 12.8. The van der Waals surface area contributed by atoms with E-state index in [4.69, 9.17) is 23.2 Å². The predicted octanol–water partition coefficient (Wildman–Crippen LogP) is 5.35. The molecule has 0 saturated carbocycles. The van der Waals surface area contributed by atoms with Crippen LogP contribution < -0.4 is 0 Å². The molecule has 0 spiro atoms. The van der Waals surface area contributed by atoms with Crippen molar-refractivity contribution in [2.75, 3.05) is 0 Å². The Balaban J connectivity index is 1.99. The Labute approximate surface area is 156 Å². The molecule has 0 aliphatic heterocycles. The SMILES string of the molecule is CC1=C(Cc2ccc(C(F)(F)F)cn2)C(=O)c2cc(Cl)cc(Cl)c2C1=O. The normalized spacial score (nSPS) is 14.7. The van der Waals surface area contributed by atoms with Crippen LogP contribution in [0, 0.1) is 0 Å². The van der Waals surface area contributed by atoms with Crippen LogP contribution in [0.25, 0.3) is 0 Å². The maximum atomic E-state index is 12.8. The molecule has 0 fully saturated rings. The van der Waals surface area contributed by atoms with E-state index < -0.39 is 23.3 Å². The van der Waals surface area contributed by atoms with E-state index in [-0.39, 0.29) is 44.4 Å². The number of ketones is 2. The highest BCUT2D eigenvalue weighted by molar-refractivity contribution is 6.40. The zero-order chi connectivity index (χ0) is 19.2. The maximum Gasteiger partial charge on any atom is 0.417 e. The second-order valence-corrected chi connectivity index (χ2v) is 6.63. The largest absolute Gasteiger partial charge is 0.417 e. The molecule has 0 unspecified atom stereocenters. The number of nitrogens with zero attached hydrogens (tertiary/aromatic N) is 1. The second kappa shape index (κ2) is 6.52. The van der Waals surface area contributed by atoms with E-state index in [1.54, 1.807) is 0 Å². The molecule has 3 nitrogen and oxygen atoms in total.